The number of H-pyrrole nitrogens is 1. The molecule has 0 unspecified atom stereocenters. The van der Waals surface area contributed by atoms with Gasteiger partial charge in [-0.3, -0.25) is 14.9 Å². The Morgan fingerprint density at radius 3 is 2.64 bits per heavy atom. The van der Waals surface area contributed by atoms with Crippen molar-refractivity contribution in [1.29, 1.82) is 0 Å². The monoisotopic (exact) mass is 298 g/mol. The second kappa shape index (κ2) is 5.40. The molecule has 0 saturated carbocycles. The van der Waals surface area contributed by atoms with E-state index in [1.54, 1.807) is 24.3 Å². The number of amides is 1. The fraction of sp³-hybridized carbons (Fsp3) is 0.214. The molecule has 0 aliphatic heterocycles. The van der Waals surface area contributed by atoms with Crippen LogP contribution in [0.5, 0.6) is 0 Å². The number of aromatic nitrogens is 5. The summed E-state index contributed by atoms with van der Waals surface area (Å²) in [5.74, 6) is -0.236. The minimum atomic E-state index is -0.456. The second-order valence-electron chi connectivity index (χ2n) is 5.03. The lowest BCUT2D eigenvalue weighted by Gasteiger charge is -2.12. The molecule has 0 aliphatic carbocycles. The number of carbonyl (C=O) groups excluding carboxylic acids is 1. The van der Waals surface area contributed by atoms with Gasteiger partial charge in [0.05, 0.1) is 11.4 Å². The first kappa shape index (κ1) is 13.9. The summed E-state index contributed by atoms with van der Waals surface area (Å²) in [6.07, 6.45) is 1.29. The molecule has 0 aliphatic rings. The number of hydrogen-bond donors (Lipinski definition) is 2. The maximum absolute atomic E-state index is 12.4. The predicted molar refractivity (Wildman–Crippen MR) is 80.7 cm³/mol. The average Bonchev–Trinajstić information content (AvgIpc) is 3.00. The number of nitrogens with one attached hydrogen (secondary N) is 2. The first-order valence-corrected chi connectivity index (χ1v) is 6.76. The highest BCUT2D eigenvalue weighted by Gasteiger charge is 2.18. The molecule has 0 atom stereocenters. The number of hydrogen-bond acceptors (Lipinski definition) is 5. The van der Waals surface area contributed by atoms with Gasteiger partial charge in [-0.1, -0.05) is 18.2 Å². The highest BCUT2D eigenvalue weighted by molar-refractivity contribution is 6.10. The minimum Gasteiger partial charge on any atom is -0.289 e. The molecule has 0 radical (unpaired) electrons. The van der Waals surface area contributed by atoms with Crippen LogP contribution < -0.4 is 10.9 Å². The molecule has 2 aromatic heterocycles. The van der Waals surface area contributed by atoms with Gasteiger partial charge in [0, 0.05) is 5.39 Å². The van der Waals surface area contributed by atoms with Crippen molar-refractivity contribution in [3.8, 4) is 0 Å². The first-order chi connectivity index (χ1) is 10.6. The molecular formula is C14H14N6O2. The molecule has 0 bridgehead atoms. The van der Waals surface area contributed by atoms with Gasteiger partial charge in [-0.2, -0.15) is 15.2 Å². The molecule has 0 spiro atoms. The zero-order chi connectivity index (χ0) is 15.7. The molecule has 0 fully saturated rings. The van der Waals surface area contributed by atoms with E-state index in [9.17, 15) is 9.59 Å². The zero-order valence-corrected chi connectivity index (χ0v) is 12.1. The quantitative estimate of drug-likeness (QED) is 0.759. The number of anilines is 1. The van der Waals surface area contributed by atoms with E-state index in [1.165, 1.54) is 11.0 Å². The maximum Gasteiger partial charge on any atom is 0.279 e. The molecule has 1 amide bonds. The molecule has 8 heteroatoms. The molecule has 8 nitrogen and oxygen atoms in total. The van der Waals surface area contributed by atoms with Crippen molar-refractivity contribution < 1.29 is 4.79 Å². The highest BCUT2D eigenvalue weighted by atomic mass is 16.2. The van der Waals surface area contributed by atoms with Gasteiger partial charge in [0.2, 0.25) is 5.95 Å². The minimum absolute atomic E-state index is 0.158. The zero-order valence-electron chi connectivity index (χ0n) is 12.1. The summed E-state index contributed by atoms with van der Waals surface area (Å²) < 4.78 is 1.30. The predicted octanol–water partition coefficient (Wildman–Crippen LogP) is 1.35. The summed E-state index contributed by atoms with van der Waals surface area (Å²) >= 11 is 0. The standard InChI is InChI=1S/C14H14N6O2/c1-8(2)20-13(22)10-6-4-3-5-9(10)11(19-20)12(21)17-14-15-7-16-18-14/h3-8H,1-2H3,(H2,15,16,17,18,21). The van der Waals surface area contributed by atoms with Crippen LogP contribution in [0.3, 0.4) is 0 Å². The third-order valence-electron chi connectivity index (χ3n) is 3.18. The van der Waals surface area contributed by atoms with Crippen LogP contribution in [-0.4, -0.2) is 30.9 Å². The van der Waals surface area contributed by atoms with Gasteiger partial charge in [0.25, 0.3) is 11.5 Å². The number of carbonyl (C=O) groups is 1. The summed E-state index contributed by atoms with van der Waals surface area (Å²) in [7, 11) is 0. The molecule has 0 saturated heterocycles. The Morgan fingerprint density at radius 1 is 1.27 bits per heavy atom. The van der Waals surface area contributed by atoms with Crippen LogP contribution in [0, 0.1) is 0 Å². The summed E-state index contributed by atoms with van der Waals surface area (Å²) in [4.78, 5) is 28.7. The van der Waals surface area contributed by atoms with E-state index >= 15 is 0 Å². The molecule has 112 valence electrons. The van der Waals surface area contributed by atoms with Crippen molar-refractivity contribution in [2.45, 2.75) is 19.9 Å². The fourth-order valence-corrected chi connectivity index (χ4v) is 2.16. The van der Waals surface area contributed by atoms with Gasteiger partial charge < -0.3 is 0 Å². The van der Waals surface area contributed by atoms with Gasteiger partial charge >= 0.3 is 0 Å². The number of rotatable bonds is 3. The number of aromatic amines is 1. The van der Waals surface area contributed by atoms with Crippen molar-refractivity contribution in [2.75, 3.05) is 5.32 Å². The number of benzene rings is 1. The summed E-state index contributed by atoms with van der Waals surface area (Å²) in [6.45, 7) is 3.67. The van der Waals surface area contributed by atoms with Crippen molar-refractivity contribution >= 4 is 22.6 Å². The summed E-state index contributed by atoms with van der Waals surface area (Å²) in [6, 6.07) is 6.74. The Morgan fingerprint density at radius 2 is 2.00 bits per heavy atom. The SMILES string of the molecule is CC(C)n1nc(C(=O)Nc2ncn[nH]2)c2ccccc2c1=O. The topological polar surface area (TPSA) is 106 Å². The molecule has 1 aromatic carbocycles. The Hall–Kier alpha value is -3.03. The molecule has 3 aromatic rings. The average molecular weight is 298 g/mol. The van der Waals surface area contributed by atoms with Crippen molar-refractivity contribution in [1.82, 2.24) is 25.0 Å². The third kappa shape index (κ3) is 2.34. The second-order valence-corrected chi connectivity index (χ2v) is 5.03. The third-order valence-corrected chi connectivity index (χ3v) is 3.18. The first-order valence-electron chi connectivity index (χ1n) is 6.76. The fourth-order valence-electron chi connectivity index (χ4n) is 2.16. The van der Waals surface area contributed by atoms with Crippen LogP contribution in [0.15, 0.2) is 35.4 Å². The molecule has 22 heavy (non-hydrogen) atoms. The lowest BCUT2D eigenvalue weighted by atomic mass is 10.1. The van der Waals surface area contributed by atoms with Crippen molar-refractivity contribution in [3.63, 3.8) is 0 Å². The molecule has 2 N–H and O–H groups in total. The smallest absolute Gasteiger partial charge is 0.279 e. The summed E-state index contributed by atoms with van der Waals surface area (Å²) in [5, 5.41) is 13.9. The summed E-state index contributed by atoms with van der Waals surface area (Å²) in [5.41, 5.74) is -0.0536. The molecule has 3 rings (SSSR count). The van der Waals surface area contributed by atoms with Gasteiger partial charge in [0.15, 0.2) is 5.69 Å². The Balaban J connectivity index is 2.17. The van der Waals surface area contributed by atoms with E-state index in [-0.39, 0.29) is 23.2 Å². The van der Waals surface area contributed by atoms with Crippen LogP contribution in [0.2, 0.25) is 0 Å². The van der Waals surface area contributed by atoms with Gasteiger partial charge in [-0.15, -0.1) is 0 Å². The van der Waals surface area contributed by atoms with Crippen molar-refractivity contribution in [2.24, 2.45) is 0 Å². The lowest BCUT2D eigenvalue weighted by Crippen LogP contribution is -2.29. The van der Waals surface area contributed by atoms with E-state index in [1.807, 2.05) is 13.8 Å². The highest BCUT2D eigenvalue weighted by Crippen LogP contribution is 2.15. The normalized spacial score (nSPS) is 11.0. The molecule has 2 heterocycles. The van der Waals surface area contributed by atoms with Crippen molar-refractivity contribution in [3.05, 3.63) is 46.6 Å². The van der Waals surface area contributed by atoms with Crippen LogP contribution in [0.1, 0.15) is 30.4 Å². The Labute approximate surface area is 125 Å². The van der Waals surface area contributed by atoms with E-state index in [4.69, 9.17) is 0 Å². The van der Waals surface area contributed by atoms with Gasteiger partial charge in [0.1, 0.15) is 6.33 Å². The van der Waals surface area contributed by atoms with Crippen LogP contribution in [0.4, 0.5) is 5.95 Å². The van der Waals surface area contributed by atoms with E-state index < -0.39 is 5.91 Å². The van der Waals surface area contributed by atoms with E-state index in [0.29, 0.717) is 10.8 Å². The van der Waals surface area contributed by atoms with E-state index in [0.717, 1.165) is 0 Å². The lowest BCUT2D eigenvalue weighted by molar-refractivity contribution is 0.102. The molecular weight excluding hydrogens is 284 g/mol. The largest absolute Gasteiger partial charge is 0.289 e. The Kier molecular flexibility index (Phi) is 3.42. The maximum atomic E-state index is 12.4. The number of fused-ring (bicyclic) bond motifs is 1. The number of nitrogens with zero attached hydrogens (tertiary/aromatic N) is 4. The van der Waals surface area contributed by atoms with Crippen LogP contribution in [0.25, 0.3) is 10.8 Å². The van der Waals surface area contributed by atoms with Crippen LogP contribution in [-0.2, 0) is 0 Å². The van der Waals surface area contributed by atoms with Gasteiger partial charge in [-0.25, -0.2) is 9.78 Å². The Bertz CT molecular complexity index is 882. The van der Waals surface area contributed by atoms with Crippen LogP contribution >= 0.6 is 0 Å². The van der Waals surface area contributed by atoms with E-state index in [2.05, 4.69) is 25.6 Å². The van der Waals surface area contributed by atoms with Gasteiger partial charge in [-0.05, 0) is 19.9 Å².